The van der Waals surface area contributed by atoms with Crippen molar-refractivity contribution >= 4 is 6.08 Å². The number of likely N-dealkylation sites (tertiary alicyclic amines) is 1. The van der Waals surface area contributed by atoms with Crippen LogP contribution in [0.25, 0.3) is 6.08 Å². The van der Waals surface area contributed by atoms with Gasteiger partial charge in [0.2, 0.25) is 5.89 Å². The molecule has 4 rings (SSSR count). The van der Waals surface area contributed by atoms with E-state index in [2.05, 4.69) is 21.1 Å². The van der Waals surface area contributed by atoms with Crippen molar-refractivity contribution in [2.45, 2.75) is 43.6 Å². The van der Waals surface area contributed by atoms with E-state index in [1.807, 2.05) is 6.08 Å². The van der Waals surface area contributed by atoms with Gasteiger partial charge in [-0.2, -0.15) is 4.98 Å². The maximum Gasteiger partial charge on any atom is 0.229 e. The molecular weight excluding hydrogens is 333 g/mol. The van der Waals surface area contributed by atoms with Crippen LogP contribution in [0.2, 0.25) is 0 Å². The van der Waals surface area contributed by atoms with Gasteiger partial charge in [0, 0.05) is 19.0 Å². The van der Waals surface area contributed by atoms with Gasteiger partial charge in [-0.15, -0.1) is 0 Å². The third-order valence-corrected chi connectivity index (χ3v) is 5.08. The summed E-state index contributed by atoms with van der Waals surface area (Å²) in [5.74, 6) is 1.56. The van der Waals surface area contributed by atoms with E-state index in [1.165, 1.54) is 12.1 Å². The molecule has 6 heteroatoms. The summed E-state index contributed by atoms with van der Waals surface area (Å²) in [6.07, 6.45) is 8.39. The Bertz CT molecular complexity index is 770. The zero-order valence-electron chi connectivity index (χ0n) is 14.8. The van der Waals surface area contributed by atoms with E-state index < -0.39 is 5.60 Å². The van der Waals surface area contributed by atoms with Gasteiger partial charge in [-0.3, -0.25) is 4.90 Å². The minimum absolute atomic E-state index is 0.228. The fourth-order valence-corrected chi connectivity index (χ4v) is 3.55. The van der Waals surface area contributed by atoms with Crippen molar-refractivity contribution in [3.63, 3.8) is 0 Å². The fourth-order valence-electron chi connectivity index (χ4n) is 3.55. The largest absolute Gasteiger partial charge is 0.388 e. The second kappa shape index (κ2) is 7.29. The highest BCUT2D eigenvalue weighted by Gasteiger charge is 2.36. The summed E-state index contributed by atoms with van der Waals surface area (Å²) in [7, 11) is 0. The van der Waals surface area contributed by atoms with Gasteiger partial charge in [0.15, 0.2) is 5.82 Å². The molecule has 2 fully saturated rings. The highest BCUT2D eigenvalue weighted by molar-refractivity contribution is 5.48. The summed E-state index contributed by atoms with van der Waals surface area (Å²) in [6.45, 7) is 2.28. The molecule has 0 spiro atoms. The first-order valence-corrected chi connectivity index (χ1v) is 9.29. The van der Waals surface area contributed by atoms with Crippen LogP contribution in [0.15, 0.2) is 34.9 Å². The molecule has 26 heavy (non-hydrogen) atoms. The Morgan fingerprint density at radius 1 is 1.31 bits per heavy atom. The number of β-amino-alcohol motifs (C(OH)–C–C–N with tert-alkyl or cyclic N) is 1. The van der Waals surface area contributed by atoms with Crippen LogP contribution in [-0.4, -0.2) is 45.4 Å². The summed E-state index contributed by atoms with van der Waals surface area (Å²) in [5, 5.41) is 15.0. The monoisotopic (exact) mass is 357 g/mol. The maximum atomic E-state index is 12.9. The molecule has 5 nitrogen and oxygen atoms in total. The lowest BCUT2D eigenvalue weighted by Crippen LogP contribution is -2.49. The summed E-state index contributed by atoms with van der Waals surface area (Å²) in [6, 6.07) is 6.43. The molecule has 0 amide bonds. The second-order valence-electron chi connectivity index (χ2n) is 7.51. The normalized spacial score (nSPS) is 24.4. The highest BCUT2D eigenvalue weighted by atomic mass is 19.1. The highest BCUT2D eigenvalue weighted by Crippen LogP contribution is 2.38. The Morgan fingerprint density at radius 3 is 2.88 bits per heavy atom. The molecule has 1 aromatic carbocycles. The summed E-state index contributed by atoms with van der Waals surface area (Å²) in [5.41, 5.74) is 0.145. The van der Waals surface area contributed by atoms with Crippen molar-refractivity contribution in [1.29, 1.82) is 0 Å². The van der Waals surface area contributed by atoms with E-state index in [0.717, 1.165) is 50.2 Å². The average molecular weight is 357 g/mol. The number of rotatable bonds is 6. The molecule has 1 saturated carbocycles. The number of hydrogen-bond donors (Lipinski definition) is 1. The van der Waals surface area contributed by atoms with Crippen LogP contribution in [-0.2, 0) is 6.42 Å². The number of nitrogens with zero attached hydrogens (tertiary/aromatic N) is 3. The molecule has 2 heterocycles. The number of benzene rings is 1. The topological polar surface area (TPSA) is 62.4 Å². The van der Waals surface area contributed by atoms with Crippen LogP contribution in [0.4, 0.5) is 4.39 Å². The number of halogens is 1. The number of piperidine rings is 1. The van der Waals surface area contributed by atoms with E-state index in [9.17, 15) is 9.50 Å². The van der Waals surface area contributed by atoms with Crippen LogP contribution in [0.3, 0.4) is 0 Å². The predicted octanol–water partition coefficient (Wildman–Crippen LogP) is 3.17. The molecule has 2 aromatic rings. The molecule has 1 atom stereocenters. The third-order valence-electron chi connectivity index (χ3n) is 5.08. The van der Waals surface area contributed by atoms with Crippen LogP contribution in [0.5, 0.6) is 0 Å². The van der Waals surface area contributed by atoms with Crippen molar-refractivity contribution < 1.29 is 14.0 Å². The molecule has 0 radical (unpaired) electrons. The SMILES string of the molecule is OC1(Cc2nc(C3CC3)no2)CCCN(C/C=C/c2ccc(F)cc2)C1. The van der Waals surface area contributed by atoms with Crippen molar-refractivity contribution in [2.24, 2.45) is 0 Å². The van der Waals surface area contributed by atoms with Crippen LogP contribution < -0.4 is 0 Å². The zero-order chi connectivity index (χ0) is 18.0. The number of aromatic nitrogens is 2. The molecule has 1 N–H and O–H groups in total. The lowest BCUT2D eigenvalue weighted by Gasteiger charge is -2.38. The summed E-state index contributed by atoms with van der Waals surface area (Å²) in [4.78, 5) is 6.67. The molecule has 1 unspecified atom stereocenters. The quantitative estimate of drug-likeness (QED) is 0.860. The predicted molar refractivity (Wildman–Crippen MR) is 96.0 cm³/mol. The Morgan fingerprint density at radius 2 is 2.12 bits per heavy atom. The van der Waals surface area contributed by atoms with E-state index in [0.29, 0.717) is 24.8 Å². The van der Waals surface area contributed by atoms with Gasteiger partial charge in [0.05, 0.1) is 12.0 Å². The summed E-state index contributed by atoms with van der Waals surface area (Å²) < 4.78 is 18.3. The van der Waals surface area contributed by atoms with E-state index in [-0.39, 0.29) is 5.82 Å². The minimum Gasteiger partial charge on any atom is -0.388 e. The molecule has 1 aromatic heterocycles. The zero-order valence-corrected chi connectivity index (χ0v) is 14.8. The lowest BCUT2D eigenvalue weighted by molar-refractivity contribution is -0.0316. The molecular formula is C20H24FN3O2. The molecule has 1 aliphatic heterocycles. The lowest BCUT2D eigenvalue weighted by atomic mass is 9.89. The third kappa shape index (κ3) is 4.37. The molecule has 1 aliphatic carbocycles. The van der Waals surface area contributed by atoms with Crippen LogP contribution >= 0.6 is 0 Å². The Kier molecular flexibility index (Phi) is 4.87. The van der Waals surface area contributed by atoms with E-state index >= 15 is 0 Å². The first kappa shape index (κ1) is 17.4. The average Bonchev–Trinajstić information content (AvgIpc) is 3.37. The fraction of sp³-hybridized carbons (Fsp3) is 0.500. The van der Waals surface area contributed by atoms with Crippen LogP contribution in [0, 0.1) is 5.82 Å². The van der Waals surface area contributed by atoms with Gasteiger partial charge >= 0.3 is 0 Å². The Labute approximate surface area is 152 Å². The molecule has 0 bridgehead atoms. The Hall–Kier alpha value is -2.05. The molecule has 1 saturated heterocycles. The Balaban J connectivity index is 1.32. The molecule has 2 aliphatic rings. The smallest absolute Gasteiger partial charge is 0.229 e. The molecule has 138 valence electrons. The van der Waals surface area contributed by atoms with Crippen molar-refractivity contribution in [1.82, 2.24) is 15.0 Å². The van der Waals surface area contributed by atoms with E-state index in [1.54, 1.807) is 12.1 Å². The van der Waals surface area contributed by atoms with Gasteiger partial charge in [0.1, 0.15) is 5.82 Å². The van der Waals surface area contributed by atoms with Gasteiger partial charge in [-0.1, -0.05) is 29.4 Å². The van der Waals surface area contributed by atoms with Gasteiger partial charge in [-0.25, -0.2) is 4.39 Å². The van der Waals surface area contributed by atoms with Gasteiger partial charge in [-0.05, 0) is 49.9 Å². The first-order chi connectivity index (χ1) is 12.6. The van der Waals surface area contributed by atoms with Crippen LogP contribution in [0.1, 0.15) is 48.9 Å². The van der Waals surface area contributed by atoms with Gasteiger partial charge in [0.25, 0.3) is 0 Å². The first-order valence-electron chi connectivity index (χ1n) is 9.29. The number of hydrogen-bond acceptors (Lipinski definition) is 5. The number of aliphatic hydroxyl groups is 1. The standard InChI is InChI=1S/C20H24FN3O2/c21-17-8-4-15(5-9-17)3-1-11-24-12-2-10-20(25,14-24)13-18-22-19(23-26-18)16-6-7-16/h1,3-5,8-9,16,25H,2,6-7,10-14H2/b3-1+. The van der Waals surface area contributed by atoms with Crippen molar-refractivity contribution in [3.8, 4) is 0 Å². The van der Waals surface area contributed by atoms with Crippen molar-refractivity contribution in [3.05, 3.63) is 53.4 Å². The second-order valence-corrected chi connectivity index (χ2v) is 7.51. The van der Waals surface area contributed by atoms with Gasteiger partial charge < -0.3 is 9.63 Å². The minimum atomic E-state index is -0.824. The van der Waals surface area contributed by atoms with Crippen molar-refractivity contribution in [2.75, 3.05) is 19.6 Å². The van der Waals surface area contributed by atoms with E-state index in [4.69, 9.17) is 4.52 Å². The maximum absolute atomic E-state index is 12.9. The summed E-state index contributed by atoms with van der Waals surface area (Å²) >= 11 is 0.